The van der Waals surface area contributed by atoms with Gasteiger partial charge < -0.3 is 74.4 Å². The van der Waals surface area contributed by atoms with Gasteiger partial charge in [0.25, 0.3) is 0 Å². The number of esters is 1. The van der Waals surface area contributed by atoms with Gasteiger partial charge in [0.1, 0.15) is 40.3 Å². The molecular weight excluding hydrogens is 1530 g/mol. The van der Waals surface area contributed by atoms with E-state index in [4.69, 9.17) is 14.2 Å². The first-order chi connectivity index (χ1) is 55.7. The number of allylic oxidation sites excluding steroid dienone is 8. The number of piperidine rings is 2. The molecule has 118 heavy (non-hydrogen) atoms. The lowest BCUT2D eigenvalue weighted by molar-refractivity contribution is -0.219. The predicted molar refractivity (Wildman–Crippen MR) is 433 cm³/mol. The summed E-state index contributed by atoms with van der Waals surface area (Å²) in [6.07, 6.45) is 15.7. The maximum Gasteiger partial charge on any atom is 0.343 e. The topological polar surface area (TPSA) is 326 Å². The van der Waals surface area contributed by atoms with Gasteiger partial charge in [0.05, 0.1) is 54.8 Å². The van der Waals surface area contributed by atoms with E-state index in [0.29, 0.717) is 127 Å². The van der Waals surface area contributed by atoms with Gasteiger partial charge in [-0.2, -0.15) is 0 Å². The van der Waals surface area contributed by atoms with Crippen LogP contribution in [0.2, 0.25) is 0 Å². The van der Waals surface area contributed by atoms with E-state index in [1.807, 2.05) is 18.9 Å². The van der Waals surface area contributed by atoms with Crippen LogP contribution in [0, 0.1) is 108 Å². The minimum absolute atomic E-state index is 0.0349. The van der Waals surface area contributed by atoms with Crippen molar-refractivity contribution in [3.8, 4) is 11.5 Å². The molecule has 6 heterocycles. The van der Waals surface area contributed by atoms with Crippen LogP contribution in [-0.2, 0) is 23.9 Å². The van der Waals surface area contributed by atoms with E-state index in [-0.39, 0.29) is 93.6 Å². The highest BCUT2D eigenvalue weighted by Gasteiger charge is 2.78. The zero-order valence-corrected chi connectivity index (χ0v) is 69.7. The van der Waals surface area contributed by atoms with E-state index in [1.165, 1.54) is 38.5 Å². The van der Waals surface area contributed by atoms with E-state index < -0.39 is 145 Å². The van der Waals surface area contributed by atoms with Crippen molar-refractivity contribution in [3.05, 3.63) is 113 Å². The molecule has 4 unspecified atom stereocenters. The molecule has 20 atom stereocenters. The quantitative estimate of drug-likeness (QED) is 0.0429. The van der Waals surface area contributed by atoms with Crippen LogP contribution in [0.25, 0.3) is 21.8 Å². The van der Waals surface area contributed by atoms with Crippen LogP contribution in [0.4, 0.5) is 28.9 Å². The van der Waals surface area contributed by atoms with Crippen LogP contribution >= 0.6 is 0 Å². The van der Waals surface area contributed by atoms with Gasteiger partial charge in [0, 0.05) is 113 Å². The summed E-state index contributed by atoms with van der Waals surface area (Å²) in [5.41, 5.74) is -10.0. The van der Waals surface area contributed by atoms with Gasteiger partial charge in [-0.15, -0.1) is 0 Å². The predicted octanol–water partition coefficient (Wildman–Crippen LogP) is 10.6. The van der Waals surface area contributed by atoms with E-state index >= 15 is 17.6 Å². The number of anilines is 2. The second-order valence-corrected chi connectivity index (χ2v) is 38.1. The molecule has 12 fully saturated rings. The number of nitrogens with one attached hydrogen (secondary N) is 2. The number of hydrogen-bond donors (Lipinski definition) is 8. The molecule has 8 saturated carbocycles. The number of aliphatic hydroxyl groups excluding tert-OH is 3. The van der Waals surface area contributed by atoms with Gasteiger partial charge in [0.2, 0.25) is 10.9 Å². The van der Waals surface area contributed by atoms with Crippen LogP contribution in [-0.4, -0.2) is 188 Å². The van der Waals surface area contributed by atoms with E-state index in [0.717, 1.165) is 71.0 Å². The molecule has 638 valence electrons. The summed E-state index contributed by atoms with van der Waals surface area (Å²) >= 11 is 0. The summed E-state index contributed by atoms with van der Waals surface area (Å²) < 4.78 is 88.2. The highest BCUT2D eigenvalue weighted by molar-refractivity contribution is 6.04. The summed E-state index contributed by atoms with van der Waals surface area (Å²) in [5, 5.41) is 73.1. The number of hydrogen-bond acceptors (Lipinski definition) is 20. The average molecular weight is 1640 g/mol. The maximum absolute atomic E-state index is 17.6. The highest BCUT2D eigenvalue weighted by Crippen LogP contribution is 2.73. The molecule has 4 aliphatic heterocycles. The van der Waals surface area contributed by atoms with Crippen molar-refractivity contribution < 1.29 is 91.2 Å². The lowest BCUT2D eigenvalue weighted by Crippen LogP contribution is -2.69. The molecule has 4 saturated heterocycles. The molecule has 2 aromatic carbocycles. The number of benzene rings is 2. The fourth-order valence-corrected chi connectivity index (χ4v) is 26.1. The van der Waals surface area contributed by atoms with E-state index in [2.05, 4.69) is 10.6 Å². The first-order valence-electron chi connectivity index (χ1n) is 42.8. The molecule has 0 bridgehead atoms. The van der Waals surface area contributed by atoms with Gasteiger partial charge >= 0.3 is 11.9 Å². The van der Waals surface area contributed by atoms with Crippen molar-refractivity contribution in [1.29, 1.82) is 0 Å². The van der Waals surface area contributed by atoms with Crippen molar-refractivity contribution in [2.24, 2.45) is 69.0 Å². The number of aryl methyl sites for hydroxylation is 2. The van der Waals surface area contributed by atoms with Crippen LogP contribution in [0.15, 0.2) is 57.2 Å². The number of aromatic carboxylic acids is 1. The summed E-state index contributed by atoms with van der Waals surface area (Å²) in [6, 6.07) is 0.610. The Morgan fingerprint density at radius 3 is 1.37 bits per heavy atom. The number of pyridine rings is 2. The molecule has 10 aliphatic carbocycles. The Labute approximate surface area is 683 Å². The van der Waals surface area contributed by atoms with E-state index in [1.54, 1.807) is 81.4 Å². The smallest absolute Gasteiger partial charge is 0.343 e. The van der Waals surface area contributed by atoms with Gasteiger partial charge in [-0.25, -0.2) is 27.2 Å². The Balaban J connectivity index is 0.000000147. The summed E-state index contributed by atoms with van der Waals surface area (Å²) in [7, 11) is 2.98. The molecule has 14 aliphatic rings. The number of aromatic nitrogens is 2. The Morgan fingerprint density at radius 2 is 0.983 bits per heavy atom. The summed E-state index contributed by atoms with van der Waals surface area (Å²) in [4.78, 5) is 108. The molecular formula is C91H114F4N6O17. The summed E-state index contributed by atoms with van der Waals surface area (Å²) in [5.74, 6) is -6.47. The third-order valence-electron chi connectivity index (χ3n) is 32.5. The number of fused-ring (bicyclic) bond motifs is 14. The number of aliphatic hydroxyl groups is 5. The van der Waals surface area contributed by atoms with Crippen LogP contribution in [0.1, 0.15) is 206 Å². The number of carbonyl (C=O) groups excluding carboxylic acids is 5. The van der Waals surface area contributed by atoms with Crippen molar-refractivity contribution >= 4 is 68.3 Å². The van der Waals surface area contributed by atoms with Gasteiger partial charge in [0.15, 0.2) is 57.6 Å². The number of methoxy groups -OCH3 is 2. The number of halogens is 4. The summed E-state index contributed by atoms with van der Waals surface area (Å²) in [6.45, 7) is 20.4. The normalized spacial score (nSPS) is 37.3. The Hall–Kier alpha value is -7.92. The lowest BCUT2D eigenvalue weighted by atomic mass is 9.44. The average Bonchev–Trinajstić information content (AvgIpc) is 1.48. The number of nitrogens with zero attached hydrogens (tertiary/aromatic N) is 4. The molecule has 0 spiro atoms. The Morgan fingerprint density at radius 1 is 0.576 bits per heavy atom. The number of alkyl halides is 2. The number of Topliss-reactive ketones (excluding diaryl/α,β-unsaturated/α-hetero) is 2. The third-order valence-corrected chi connectivity index (χ3v) is 32.5. The highest BCUT2D eigenvalue weighted by atomic mass is 19.2. The molecule has 23 nitrogen and oxygen atoms in total. The second-order valence-electron chi connectivity index (χ2n) is 38.1. The number of carbonyl (C=O) groups is 6. The Kier molecular flexibility index (Phi) is 20.9. The fraction of sp³-hybridized carbons (Fsp3) is 0.648. The monoisotopic (exact) mass is 1640 g/mol. The fourth-order valence-electron chi connectivity index (χ4n) is 26.1. The molecule has 0 radical (unpaired) electrons. The molecule has 4 aromatic rings. The molecule has 2 aromatic heterocycles. The van der Waals surface area contributed by atoms with Crippen molar-refractivity contribution in [2.75, 3.05) is 76.5 Å². The second kappa shape index (κ2) is 29.4. The Bertz CT molecular complexity index is 5170. The number of ketones is 4. The van der Waals surface area contributed by atoms with Crippen LogP contribution in [0.5, 0.6) is 11.5 Å². The standard InChI is InChI=1S/C46H57F2N3O8.C23H28FN3O4.C22H29FO5/c1-23-18-31-30-12-9-27-19-29(52)13-15-43(27,4)45(30,48)34(54)20-44(31,5)46(23,57)33(53)14-17-59-42(56)36-25(3)51(28-10-11-28)38-35(40(36)55)24(2)37(47)39(41(38)58-6)50-21-26-8-7-16-49-32(26)22-50;1-11-16-19(27(14-6-7-14)12(2)17(21(16)28)23(29)30)22(31-3)20(18(11)24)26-9-13-5-4-8-25-15(13)10-26;1-12-8-16-15-5-4-13-9-14(25)6-7-19(13,2)21(15,23)17(26)10-20(16,3)22(12,28)18(27)11-24/h13,15,19,23,26,28,30-32,34,49,54,57H,7-12,14,16-18,20-22H2,1-6H3;13-15,25H,4-10H2,1-3H3,(H,29,30);6-7,9,12,15-17,24,26,28H,4-5,8,10-11H2,1-3H3/t23-,26?,30+,31+,32?,34+,43+,44+,45+,46+;;12-,15+,16+,17+,19+,20+,21+,22+/m1.1/s1. The number of rotatable bonds is 14. The van der Waals surface area contributed by atoms with Crippen molar-refractivity contribution in [3.63, 3.8) is 0 Å². The van der Waals surface area contributed by atoms with Crippen molar-refractivity contribution in [2.45, 2.75) is 237 Å². The zero-order valence-electron chi connectivity index (χ0n) is 69.7. The van der Waals surface area contributed by atoms with Crippen molar-refractivity contribution in [1.82, 2.24) is 19.8 Å². The molecule has 18 rings (SSSR count). The van der Waals surface area contributed by atoms with Crippen LogP contribution < -0.4 is 40.8 Å². The molecule has 0 amide bonds. The zero-order chi connectivity index (χ0) is 84.9. The largest absolute Gasteiger partial charge is 0.492 e. The third kappa shape index (κ3) is 11.8. The number of ether oxygens (including phenoxy) is 3. The molecule has 27 heteroatoms. The maximum atomic E-state index is 17.6. The minimum Gasteiger partial charge on any atom is -0.492 e. The number of carboxylic acids is 1. The first kappa shape index (κ1) is 83.7. The van der Waals surface area contributed by atoms with Gasteiger partial charge in [-0.1, -0.05) is 51.0 Å². The number of carboxylic acid groups (broad SMARTS) is 1. The molecule has 8 N–H and O–H groups in total. The van der Waals surface area contributed by atoms with Gasteiger partial charge in [-0.05, 0) is 217 Å². The van der Waals surface area contributed by atoms with Gasteiger partial charge in [-0.3, -0.25) is 28.8 Å². The lowest BCUT2D eigenvalue weighted by Gasteiger charge is -2.62. The SMILES string of the molecule is COc1c(N2CC3CCCNC3C2)c(F)c(C)c2c(=O)c(C(=O)O)c(C)n(C3CC3)c12.COc1c(N2CC3CCCNC3C2)c(F)c(C)c2c(=O)c(C(=O)OCCC(=O)[C@@]3(O)[C@H](C)C[C@H]4[C@@H]5CCC6=CC(=O)C=C[C@]6(C)[C@@]5(F)[C@@H](O)C[C@@]43C)c(C)n(C3CC3)c12.C[C@@H]1C[C@H]2[C@@H]3CCC4=CC(=O)C=C[C@]4(C)[C@@]3(F)[C@@H](O)C[C@]2(C)[C@@]1(O)C(=O)CO. The van der Waals surface area contributed by atoms with Crippen LogP contribution in [0.3, 0.4) is 0 Å². The first-order valence-corrected chi connectivity index (χ1v) is 42.8. The van der Waals surface area contributed by atoms with E-state index in [9.17, 15) is 69.0 Å². The minimum atomic E-state index is -2.11.